The summed E-state index contributed by atoms with van der Waals surface area (Å²) in [7, 11) is 0. The van der Waals surface area contributed by atoms with Gasteiger partial charge in [-0.25, -0.2) is 4.79 Å². The molecule has 0 fully saturated rings. The van der Waals surface area contributed by atoms with Gasteiger partial charge in [0.05, 0.1) is 6.10 Å². The zero-order valence-electron chi connectivity index (χ0n) is 11.2. The summed E-state index contributed by atoms with van der Waals surface area (Å²) >= 11 is 0. The first-order valence-electron chi connectivity index (χ1n) is 5.75. The maximum Gasteiger partial charge on any atom is 0.375 e. The molecule has 0 bridgehead atoms. The van der Waals surface area contributed by atoms with Crippen molar-refractivity contribution in [3.05, 3.63) is 25.3 Å². The van der Waals surface area contributed by atoms with Crippen LogP contribution >= 0.6 is 0 Å². The Balaban J connectivity index is 4.95. The van der Waals surface area contributed by atoms with Crippen LogP contribution in [0.3, 0.4) is 0 Å². The highest BCUT2D eigenvalue weighted by atomic mass is 16.5. The number of esters is 1. The van der Waals surface area contributed by atoms with Crippen molar-refractivity contribution in [2.75, 3.05) is 0 Å². The van der Waals surface area contributed by atoms with E-state index in [0.29, 0.717) is 6.42 Å². The summed E-state index contributed by atoms with van der Waals surface area (Å²) < 4.78 is 4.92. The number of hydrogen-bond donors (Lipinski definition) is 0. The highest BCUT2D eigenvalue weighted by Crippen LogP contribution is 2.32. The van der Waals surface area contributed by atoms with Crippen molar-refractivity contribution < 1.29 is 14.3 Å². The number of Topliss-reactive ketones (excluding diaryl/α,β-unsaturated/α-hetero) is 1. The molecule has 0 aromatic rings. The van der Waals surface area contributed by atoms with Crippen molar-refractivity contribution in [3.8, 4) is 0 Å². The molecule has 0 aromatic carbocycles. The summed E-state index contributed by atoms with van der Waals surface area (Å²) in [6.07, 6.45) is 3.46. The van der Waals surface area contributed by atoms with Crippen LogP contribution in [0.5, 0.6) is 0 Å². The average Bonchev–Trinajstić information content (AvgIpc) is 2.23. The lowest BCUT2D eigenvalue weighted by atomic mass is 9.74. The van der Waals surface area contributed by atoms with Crippen LogP contribution < -0.4 is 0 Å². The Hall–Kier alpha value is -1.38. The number of carbonyl (C=O) groups excluding carboxylic acids is 2. The van der Waals surface area contributed by atoms with Gasteiger partial charge in [0, 0.05) is 5.92 Å². The highest BCUT2D eigenvalue weighted by Gasteiger charge is 2.36. The van der Waals surface area contributed by atoms with Gasteiger partial charge in [-0.1, -0.05) is 26.0 Å². The fourth-order valence-corrected chi connectivity index (χ4v) is 1.47. The Bertz CT molecular complexity index is 313. The number of ketones is 1. The van der Waals surface area contributed by atoms with E-state index in [2.05, 4.69) is 13.2 Å². The topological polar surface area (TPSA) is 43.4 Å². The number of hydrogen-bond acceptors (Lipinski definition) is 3. The minimum absolute atomic E-state index is 0.289. The highest BCUT2D eigenvalue weighted by molar-refractivity contribution is 6.34. The largest absolute Gasteiger partial charge is 0.457 e. The van der Waals surface area contributed by atoms with Crippen LogP contribution in [-0.4, -0.2) is 17.9 Å². The molecule has 0 aliphatic rings. The number of ether oxygens (including phenoxy) is 1. The van der Waals surface area contributed by atoms with Crippen molar-refractivity contribution in [3.63, 3.8) is 0 Å². The normalized spacial score (nSPS) is 13.0. The van der Waals surface area contributed by atoms with Crippen LogP contribution in [0.15, 0.2) is 25.3 Å². The van der Waals surface area contributed by atoms with Gasteiger partial charge in [0.2, 0.25) is 5.78 Å². The number of rotatable bonds is 7. The minimum Gasteiger partial charge on any atom is -0.457 e. The molecule has 96 valence electrons. The number of carbonyl (C=O) groups is 2. The van der Waals surface area contributed by atoms with E-state index in [0.717, 1.165) is 0 Å². The monoisotopic (exact) mass is 238 g/mol. The molecule has 3 nitrogen and oxygen atoms in total. The van der Waals surface area contributed by atoms with Gasteiger partial charge in [0.15, 0.2) is 0 Å². The lowest BCUT2D eigenvalue weighted by Crippen LogP contribution is -2.35. The Morgan fingerprint density at radius 2 is 1.82 bits per heavy atom. The van der Waals surface area contributed by atoms with E-state index in [9.17, 15) is 9.59 Å². The van der Waals surface area contributed by atoms with Gasteiger partial charge < -0.3 is 4.74 Å². The van der Waals surface area contributed by atoms with Crippen LogP contribution in [0.1, 0.15) is 34.1 Å². The first kappa shape index (κ1) is 15.6. The van der Waals surface area contributed by atoms with Crippen LogP contribution in [0.2, 0.25) is 0 Å². The molecule has 1 atom stereocenters. The quantitative estimate of drug-likeness (QED) is 0.389. The fourth-order valence-electron chi connectivity index (χ4n) is 1.47. The van der Waals surface area contributed by atoms with Crippen LogP contribution in [0, 0.1) is 11.3 Å². The van der Waals surface area contributed by atoms with Gasteiger partial charge in [-0.2, -0.15) is 0 Å². The van der Waals surface area contributed by atoms with E-state index in [1.165, 1.54) is 0 Å². The molecule has 0 saturated heterocycles. The lowest BCUT2D eigenvalue weighted by Gasteiger charge is -2.28. The summed E-state index contributed by atoms with van der Waals surface area (Å²) in [6.45, 7) is 14.5. The van der Waals surface area contributed by atoms with Crippen LogP contribution in [-0.2, 0) is 14.3 Å². The molecule has 0 aliphatic heterocycles. The molecule has 0 aromatic heterocycles. The summed E-state index contributed by atoms with van der Waals surface area (Å²) in [6, 6.07) is 0. The number of allylic oxidation sites excluding steroid dienone is 2. The van der Waals surface area contributed by atoms with Crippen LogP contribution in [0.4, 0.5) is 0 Å². The van der Waals surface area contributed by atoms with Gasteiger partial charge in [-0.05, 0) is 25.7 Å². The van der Waals surface area contributed by atoms with Gasteiger partial charge in [0.1, 0.15) is 0 Å². The molecule has 0 unspecified atom stereocenters. The first-order valence-corrected chi connectivity index (χ1v) is 5.75. The first-order chi connectivity index (χ1) is 7.76. The molecule has 0 N–H and O–H groups in total. The molecule has 3 heteroatoms. The van der Waals surface area contributed by atoms with E-state index in [1.807, 2.05) is 13.8 Å². The van der Waals surface area contributed by atoms with E-state index < -0.39 is 23.1 Å². The third-order valence-electron chi connectivity index (χ3n) is 2.69. The van der Waals surface area contributed by atoms with Crippen molar-refractivity contribution in [1.82, 2.24) is 0 Å². The van der Waals surface area contributed by atoms with Gasteiger partial charge >= 0.3 is 5.97 Å². The van der Waals surface area contributed by atoms with Crippen molar-refractivity contribution >= 4 is 11.8 Å². The minimum atomic E-state index is -0.776. The van der Waals surface area contributed by atoms with E-state index in [1.54, 1.807) is 26.0 Å². The van der Waals surface area contributed by atoms with E-state index in [4.69, 9.17) is 4.74 Å². The molecule has 0 saturated carbocycles. The zero-order valence-corrected chi connectivity index (χ0v) is 11.2. The van der Waals surface area contributed by atoms with Gasteiger partial charge in [0.25, 0.3) is 0 Å². The molecule has 0 rings (SSSR count). The van der Waals surface area contributed by atoms with E-state index in [-0.39, 0.29) is 6.10 Å². The molecule has 0 aliphatic carbocycles. The standard InChI is InChI=1S/C14H22O3/c1-7-9-11(14(5,6)8-2)12(15)13(16)17-10(3)4/h7-8,10-11H,1-2,9H2,3-6H3/t11-/m0/s1. The molecule has 0 amide bonds. The van der Waals surface area contributed by atoms with Crippen molar-refractivity contribution in [2.45, 2.75) is 40.2 Å². The Morgan fingerprint density at radius 3 is 2.18 bits per heavy atom. The summed E-state index contributed by atoms with van der Waals surface area (Å²) in [5, 5.41) is 0. The fraction of sp³-hybridized carbons (Fsp3) is 0.571. The second kappa shape index (κ2) is 6.38. The maximum atomic E-state index is 12.0. The Kier molecular flexibility index (Phi) is 5.86. The third kappa shape index (κ3) is 4.55. The molecule has 0 spiro atoms. The average molecular weight is 238 g/mol. The SMILES string of the molecule is C=CC[C@@H](C(=O)C(=O)OC(C)C)C(C)(C)C=C. The van der Waals surface area contributed by atoms with Gasteiger partial charge in [-0.3, -0.25) is 4.79 Å². The third-order valence-corrected chi connectivity index (χ3v) is 2.69. The summed E-state index contributed by atoms with van der Waals surface area (Å²) in [4.78, 5) is 23.6. The molecular formula is C14H22O3. The molecule has 17 heavy (non-hydrogen) atoms. The summed E-state index contributed by atoms with van der Waals surface area (Å²) in [5.41, 5.74) is -0.457. The summed E-state index contributed by atoms with van der Waals surface area (Å²) in [5.74, 6) is -1.76. The molecule has 0 radical (unpaired) electrons. The van der Waals surface area contributed by atoms with Gasteiger partial charge in [-0.15, -0.1) is 13.2 Å². The van der Waals surface area contributed by atoms with Crippen LogP contribution in [0.25, 0.3) is 0 Å². The molecular weight excluding hydrogens is 216 g/mol. The Labute approximate surface area is 104 Å². The zero-order chi connectivity index (χ0) is 13.6. The second-order valence-electron chi connectivity index (χ2n) is 4.92. The van der Waals surface area contributed by atoms with E-state index >= 15 is 0 Å². The van der Waals surface area contributed by atoms with Crippen molar-refractivity contribution in [2.24, 2.45) is 11.3 Å². The maximum absolute atomic E-state index is 12.0. The molecule has 0 heterocycles. The Morgan fingerprint density at radius 1 is 1.29 bits per heavy atom. The predicted octanol–water partition coefficient (Wildman–Crippen LogP) is 2.91. The lowest BCUT2D eigenvalue weighted by molar-refractivity contribution is -0.159. The van der Waals surface area contributed by atoms with Crippen molar-refractivity contribution in [1.29, 1.82) is 0 Å². The smallest absolute Gasteiger partial charge is 0.375 e. The predicted molar refractivity (Wildman–Crippen MR) is 68.5 cm³/mol. The second-order valence-corrected chi connectivity index (χ2v) is 4.92.